The van der Waals surface area contributed by atoms with E-state index < -0.39 is 11.5 Å². The van der Waals surface area contributed by atoms with Gasteiger partial charge in [-0.05, 0) is 38.5 Å². The minimum absolute atomic E-state index is 0.0262. The molecule has 3 rings (SSSR count). The van der Waals surface area contributed by atoms with Crippen molar-refractivity contribution in [2.75, 3.05) is 7.11 Å². The first-order valence-corrected chi connectivity index (χ1v) is 9.78. The van der Waals surface area contributed by atoms with Crippen molar-refractivity contribution < 1.29 is 14.3 Å². The monoisotopic (exact) mass is 417 g/mol. The number of ether oxygens (including phenoxy) is 1. The van der Waals surface area contributed by atoms with Gasteiger partial charge >= 0.3 is 5.97 Å². The first-order chi connectivity index (χ1) is 14.8. The third-order valence-corrected chi connectivity index (χ3v) is 5.40. The molecular weight excluding hydrogens is 394 g/mol. The largest absolute Gasteiger partial charge is 0.465 e. The molecule has 0 unspecified atom stereocenters. The van der Waals surface area contributed by atoms with Crippen molar-refractivity contribution >= 4 is 11.8 Å². The molecule has 0 saturated carbocycles. The zero-order valence-electron chi connectivity index (χ0n) is 17.9. The summed E-state index contributed by atoms with van der Waals surface area (Å²) in [5, 5.41) is 9.22. The Labute approximate surface area is 180 Å². The van der Waals surface area contributed by atoms with Crippen LogP contribution in [0.5, 0.6) is 0 Å². The van der Waals surface area contributed by atoms with Crippen molar-refractivity contribution in [2.24, 2.45) is 0 Å². The minimum Gasteiger partial charge on any atom is -0.465 e. The quantitative estimate of drug-likeness (QED) is 0.452. The van der Waals surface area contributed by atoms with Crippen LogP contribution in [0.4, 0.5) is 0 Å². The molecule has 0 saturated heterocycles. The molecule has 0 bridgehead atoms. The highest BCUT2D eigenvalue weighted by molar-refractivity contribution is 5.97. The van der Waals surface area contributed by atoms with Gasteiger partial charge in [0.25, 0.3) is 5.56 Å². The van der Waals surface area contributed by atoms with Gasteiger partial charge in [0, 0.05) is 23.1 Å². The molecule has 0 fully saturated rings. The molecule has 0 aliphatic carbocycles. The van der Waals surface area contributed by atoms with Crippen molar-refractivity contribution in [1.29, 1.82) is 5.26 Å². The number of methoxy groups -OCH3 is 1. The summed E-state index contributed by atoms with van der Waals surface area (Å²) in [5.74, 6) is -0.972. The van der Waals surface area contributed by atoms with Gasteiger partial charge in [-0.2, -0.15) is 5.26 Å². The van der Waals surface area contributed by atoms with Crippen LogP contribution in [0.25, 0.3) is 0 Å². The zero-order chi connectivity index (χ0) is 22.7. The Bertz CT molecular complexity index is 1250. The number of aromatic nitrogens is 2. The number of pyridine rings is 1. The summed E-state index contributed by atoms with van der Waals surface area (Å²) < 4.78 is 7.84. The van der Waals surface area contributed by atoms with Gasteiger partial charge in [-0.1, -0.05) is 30.3 Å². The summed E-state index contributed by atoms with van der Waals surface area (Å²) in [7, 11) is 1.21. The fourth-order valence-corrected chi connectivity index (χ4v) is 3.84. The van der Waals surface area contributed by atoms with Crippen LogP contribution in [0.1, 0.15) is 56.2 Å². The maximum Gasteiger partial charge on any atom is 0.339 e. The van der Waals surface area contributed by atoms with E-state index in [0.29, 0.717) is 5.56 Å². The predicted octanol–water partition coefficient (Wildman–Crippen LogP) is 3.42. The summed E-state index contributed by atoms with van der Waals surface area (Å²) in [6, 6.07) is 14.7. The van der Waals surface area contributed by atoms with E-state index in [9.17, 15) is 19.6 Å². The van der Waals surface area contributed by atoms with E-state index in [4.69, 9.17) is 0 Å². The lowest BCUT2D eigenvalue weighted by Crippen LogP contribution is -2.27. The first-order valence-electron chi connectivity index (χ1n) is 9.78. The van der Waals surface area contributed by atoms with E-state index in [2.05, 4.69) is 16.2 Å². The van der Waals surface area contributed by atoms with E-state index in [1.54, 1.807) is 12.1 Å². The third kappa shape index (κ3) is 4.19. The van der Waals surface area contributed by atoms with Gasteiger partial charge in [-0.3, -0.25) is 9.59 Å². The van der Waals surface area contributed by atoms with E-state index in [0.717, 1.165) is 21.5 Å². The molecule has 0 spiro atoms. The summed E-state index contributed by atoms with van der Waals surface area (Å²) in [6.07, 6.45) is 1.25. The second-order valence-corrected chi connectivity index (χ2v) is 7.34. The molecule has 158 valence electrons. The molecule has 0 N–H and O–H groups in total. The summed E-state index contributed by atoms with van der Waals surface area (Å²) >= 11 is 0. The topological polar surface area (TPSA) is 94.1 Å². The molecule has 7 nitrogen and oxygen atoms in total. The third-order valence-electron chi connectivity index (χ3n) is 5.40. The molecular formula is C24H23N3O4. The van der Waals surface area contributed by atoms with Crippen molar-refractivity contribution in [3.05, 3.63) is 92.7 Å². The molecule has 7 heteroatoms. The van der Waals surface area contributed by atoms with Crippen LogP contribution in [0.3, 0.4) is 0 Å². The van der Waals surface area contributed by atoms with Crippen molar-refractivity contribution in [3.8, 4) is 6.07 Å². The van der Waals surface area contributed by atoms with Gasteiger partial charge in [0.15, 0.2) is 5.78 Å². The highest BCUT2D eigenvalue weighted by Gasteiger charge is 2.21. The fraction of sp³-hybridized carbons (Fsp3) is 0.250. The summed E-state index contributed by atoms with van der Waals surface area (Å²) in [5.41, 5.74) is 2.50. The van der Waals surface area contributed by atoms with Crippen molar-refractivity contribution in [2.45, 2.75) is 33.4 Å². The number of carbonyl (C=O) groups excluding carboxylic acids is 2. The Balaban J connectivity index is 1.98. The van der Waals surface area contributed by atoms with Gasteiger partial charge in [-0.15, -0.1) is 0 Å². The number of carbonyl (C=O) groups is 2. The van der Waals surface area contributed by atoms with Crippen molar-refractivity contribution in [3.63, 3.8) is 0 Å². The SMILES string of the molecule is COC(=O)c1cc(C#N)c(=O)n(CC(=O)c2cc(C)n([C@@H](C)c3ccccc3)c2C)c1. The molecule has 1 aromatic carbocycles. The van der Waals surface area contributed by atoms with Crippen LogP contribution in [0.15, 0.2) is 53.5 Å². The van der Waals surface area contributed by atoms with E-state index in [-0.39, 0.29) is 29.5 Å². The van der Waals surface area contributed by atoms with Gasteiger partial charge in [0.1, 0.15) is 11.6 Å². The molecule has 31 heavy (non-hydrogen) atoms. The average Bonchev–Trinajstić information content (AvgIpc) is 3.08. The highest BCUT2D eigenvalue weighted by atomic mass is 16.5. The molecule has 0 aliphatic heterocycles. The standard InChI is InChI=1S/C24H23N3O4/c1-15-10-21(17(3)27(15)16(2)18-8-6-5-7-9-18)22(28)14-26-13-20(24(30)31-4)11-19(12-25)23(26)29/h5-11,13,16H,14H2,1-4H3/t16-/m0/s1. The molecule has 2 heterocycles. The summed E-state index contributed by atoms with van der Waals surface area (Å²) in [4.78, 5) is 37.5. The second-order valence-electron chi connectivity index (χ2n) is 7.34. The number of rotatable bonds is 6. The van der Waals surface area contributed by atoms with Crippen LogP contribution >= 0.6 is 0 Å². The van der Waals surface area contributed by atoms with Crippen LogP contribution < -0.4 is 5.56 Å². The lowest BCUT2D eigenvalue weighted by Gasteiger charge is -2.19. The first kappa shape index (κ1) is 21.8. The molecule has 0 radical (unpaired) electrons. The molecule has 3 aromatic rings. The number of hydrogen-bond donors (Lipinski definition) is 0. The second kappa shape index (κ2) is 8.84. The number of benzene rings is 1. The number of nitrogens with zero attached hydrogens (tertiary/aromatic N) is 3. The lowest BCUT2D eigenvalue weighted by molar-refractivity contribution is 0.0599. The number of hydrogen-bond acceptors (Lipinski definition) is 5. The Kier molecular flexibility index (Phi) is 6.21. The maximum absolute atomic E-state index is 13.1. The summed E-state index contributed by atoms with van der Waals surface area (Å²) in [6.45, 7) is 5.57. The number of Topliss-reactive ketones (excluding diaryl/α,β-unsaturated/α-hetero) is 1. The smallest absolute Gasteiger partial charge is 0.339 e. The number of ketones is 1. The maximum atomic E-state index is 13.1. The van der Waals surface area contributed by atoms with E-state index >= 15 is 0 Å². The van der Waals surface area contributed by atoms with E-state index in [1.165, 1.54) is 19.4 Å². The van der Waals surface area contributed by atoms with Gasteiger partial charge in [0.05, 0.1) is 25.3 Å². The number of esters is 1. The fourth-order valence-electron chi connectivity index (χ4n) is 3.84. The van der Waals surface area contributed by atoms with Crippen LogP contribution in [-0.2, 0) is 11.3 Å². The molecule has 2 aromatic heterocycles. The molecule has 1 atom stereocenters. The van der Waals surface area contributed by atoms with Crippen LogP contribution in [0, 0.1) is 25.2 Å². The van der Waals surface area contributed by atoms with Crippen LogP contribution in [-0.4, -0.2) is 28.0 Å². The average molecular weight is 417 g/mol. The predicted molar refractivity (Wildman–Crippen MR) is 115 cm³/mol. The number of aryl methyl sites for hydroxylation is 1. The zero-order valence-corrected chi connectivity index (χ0v) is 17.9. The highest BCUT2D eigenvalue weighted by Crippen LogP contribution is 2.26. The van der Waals surface area contributed by atoms with Crippen molar-refractivity contribution in [1.82, 2.24) is 9.13 Å². The van der Waals surface area contributed by atoms with Gasteiger partial charge < -0.3 is 13.9 Å². The van der Waals surface area contributed by atoms with Crippen LogP contribution in [0.2, 0.25) is 0 Å². The Hall–Kier alpha value is -3.92. The Morgan fingerprint density at radius 1 is 1.16 bits per heavy atom. The molecule has 0 aliphatic rings. The minimum atomic E-state index is -0.687. The van der Waals surface area contributed by atoms with Gasteiger partial charge in [-0.25, -0.2) is 4.79 Å². The Morgan fingerprint density at radius 2 is 1.84 bits per heavy atom. The lowest BCUT2D eigenvalue weighted by atomic mass is 10.1. The molecule has 0 amide bonds. The normalized spacial score (nSPS) is 11.6. The Morgan fingerprint density at radius 3 is 2.45 bits per heavy atom. The van der Waals surface area contributed by atoms with E-state index in [1.807, 2.05) is 44.2 Å². The van der Waals surface area contributed by atoms with Gasteiger partial charge in [0.2, 0.25) is 0 Å². The number of nitriles is 1.